The van der Waals surface area contributed by atoms with Gasteiger partial charge in [-0.15, -0.1) is 11.8 Å². The lowest BCUT2D eigenvalue weighted by Crippen LogP contribution is -2.12. The maximum absolute atomic E-state index is 12.4. The molecule has 0 saturated heterocycles. The van der Waals surface area contributed by atoms with Crippen molar-refractivity contribution >= 4 is 50.0 Å². The van der Waals surface area contributed by atoms with Crippen molar-refractivity contribution in [2.45, 2.75) is 4.90 Å². The number of fused-ring (bicyclic) bond motifs is 1. The van der Waals surface area contributed by atoms with Crippen molar-refractivity contribution in [1.29, 1.82) is 0 Å². The molecule has 2 aromatic carbocycles. The van der Waals surface area contributed by atoms with E-state index in [1.807, 2.05) is 18.4 Å². The van der Waals surface area contributed by atoms with Gasteiger partial charge in [0.2, 0.25) is 0 Å². The zero-order chi connectivity index (χ0) is 16.4. The summed E-state index contributed by atoms with van der Waals surface area (Å²) in [5.74, 6) is -0.247. The number of aromatic nitrogens is 1. The second-order valence-electron chi connectivity index (χ2n) is 4.58. The van der Waals surface area contributed by atoms with Crippen LogP contribution in [-0.2, 0) is 0 Å². The Hall–Kier alpha value is -2.45. The average molecular weight is 345 g/mol. The zero-order valence-electron chi connectivity index (χ0n) is 12.0. The molecule has 0 unspecified atom stereocenters. The number of anilines is 1. The third kappa shape index (κ3) is 3.17. The molecule has 0 aliphatic carbocycles. The number of nitro benzene ring substituents is 1. The molecule has 0 atom stereocenters. The molecule has 1 N–H and O–H groups in total. The van der Waals surface area contributed by atoms with E-state index in [0.717, 1.165) is 9.60 Å². The molecule has 0 spiro atoms. The number of hydrogen-bond acceptors (Lipinski definition) is 6. The van der Waals surface area contributed by atoms with E-state index in [9.17, 15) is 14.9 Å². The second-order valence-corrected chi connectivity index (χ2v) is 6.46. The van der Waals surface area contributed by atoms with E-state index < -0.39 is 4.92 Å². The molecule has 23 heavy (non-hydrogen) atoms. The summed E-state index contributed by atoms with van der Waals surface area (Å²) in [4.78, 5) is 27.8. The summed E-state index contributed by atoms with van der Waals surface area (Å²) in [5.41, 5.74) is 1.05. The average Bonchev–Trinajstić information content (AvgIpc) is 2.95. The summed E-state index contributed by atoms with van der Waals surface area (Å²) in [5, 5.41) is 14.0. The number of nitrogens with one attached hydrogen (secondary N) is 1. The molecule has 3 aromatic rings. The number of rotatable bonds is 4. The number of carbonyl (C=O) groups excluding carboxylic acids is 1. The van der Waals surface area contributed by atoms with Crippen LogP contribution in [0.4, 0.5) is 10.8 Å². The van der Waals surface area contributed by atoms with Gasteiger partial charge in [0.05, 0.1) is 20.7 Å². The van der Waals surface area contributed by atoms with Gasteiger partial charge in [-0.25, -0.2) is 4.98 Å². The molecule has 0 bridgehead atoms. The molecule has 1 amide bonds. The second kappa shape index (κ2) is 6.35. The topological polar surface area (TPSA) is 85.1 Å². The molecule has 0 radical (unpaired) electrons. The summed E-state index contributed by atoms with van der Waals surface area (Å²) in [6.07, 6.45) is 1.91. The first-order valence-corrected chi connectivity index (χ1v) is 8.62. The van der Waals surface area contributed by atoms with Crippen molar-refractivity contribution in [3.05, 3.63) is 58.1 Å². The molecule has 0 aliphatic rings. The minimum Gasteiger partial charge on any atom is -0.298 e. The third-order valence-corrected chi connectivity index (χ3v) is 4.90. The summed E-state index contributed by atoms with van der Waals surface area (Å²) < 4.78 is 0.782. The number of carbonyl (C=O) groups is 1. The van der Waals surface area contributed by atoms with Crippen molar-refractivity contribution < 1.29 is 9.72 Å². The van der Waals surface area contributed by atoms with Gasteiger partial charge in [-0.3, -0.25) is 20.2 Å². The minimum absolute atomic E-state index is 0.0200. The van der Waals surface area contributed by atoms with Crippen LogP contribution in [0.5, 0.6) is 0 Å². The molecule has 8 heteroatoms. The van der Waals surface area contributed by atoms with Crippen molar-refractivity contribution in [2.75, 3.05) is 11.6 Å². The molecule has 0 saturated carbocycles. The standard InChI is InChI=1S/C15H11N3O3S2/c1-22-12-5-3-2-4-10(12)14(19)17-15-16-11-8-9(18(20)21)6-7-13(11)23-15/h2-8H,1H3,(H,16,17,19). The van der Waals surface area contributed by atoms with Gasteiger partial charge in [-0.05, 0) is 24.5 Å². The van der Waals surface area contributed by atoms with Gasteiger partial charge in [0.1, 0.15) is 0 Å². The lowest BCUT2D eigenvalue weighted by molar-refractivity contribution is -0.384. The van der Waals surface area contributed by atoms with Crippen LogP contribution in [0.2, 0.25) is 0 Å². The van der Waals surface area contributed by atoms with Crippen molar-refractivity contribution in [3.8, 4) is 0 Å². The Labute approximate surface area is 139 Å². The van der Waals surface area contributed by atoms with E-state index >= 15 is 0 Å². The number of nitrogens with zero attached hydrogens (tertiary/aromatic N) is 2. The molecule has 1 aromatic heterocycles. The Kier molecular flexibility index (Phi) is 4.26. The van der Waals surface area contributed by atoms with E-state index in [0.29, 0.717) is 16.2 Å². The van der Waals surface area contributed by atoms with Crippen LogP contribution in [0.3, 0.4) is 0 Å². The van der Waals surface area contributed by atoms with Gasteiger partial charge in [-0.1, -0.05) is 23.5 Å². The highest BCUT2D eigenvalue weighted by Gasteiger charge is 2.14. The summed E-state index contributed by atoms with van der Waals surface area (Å²) in [6.45, 7) is 0. The maximum atomic E-state index is 12.4. The Morgan fingerprint density at radius 3 is 2.83 bits per heavy atom. The van der Waals surface area contributed by atoms with Crippen molar-refractivity contribution in [2.24, 2.45) is 0 Å². The Balaban J connectivity index is 1.89. The number of benzene rings is 2. The van der Waals surface area contributed by atoms with Crippen LogP contribution in [0, 0.1) is 10.1 Å². The molecule has 0 fully saturated rings. The fourth-order valence-corrected chi connectivity index (χ4v) is 3.52. The van der Waals surface area contributed by atoms with E-state index in [1.54, 1.807) is 18.2 Å². The Morgan fingerprint density at radius 2 is 2.09 bits per heavy atom. The predicted molar refractivity (Wildman–Crippen MR) is 92.5 cm³/mol. The normalized spacial score (nSPS) is 10.7. The largest absolute Gasteiger partial charge is 0.298 e. The zero-order valence-corrected chi connectivity index (χ0v) is 13.6. The first kappa shape index (κ1) is 15.4. The van der Waals surface area contributed by atoms with Gasteiger partial charge in [0.15, 0.2) is 5.13 Å². The van der Waals surface area contributed by atoms with Crippen LogP contribution >= 0.6 is 23.1 Å². The fraction of sp³-hybridized carbons (Fsp3) is 0.0667. The van der Waals surface area contributed by atoms with Gasteiger partial charge in [-0.2, -0.15) is 0 Å². The van der Waals surface area contributed by atoms with Gasteiger partial charge < -0.3 is 0 Å². The SMILES string of the molecule is CSc1ccccc1C(=O)Nc1nc2cc([N+](=O)[O-])ccc2s1. The number of thiazole rings is 1. The Morgan fingerprint density at radius 1 is 1.30 bits per heavy atom. The van der Waals surface area contributed by atoms with E-state index in [2.05, 4.69) is 10.3 Å². The molecular weight excluding hydrogens is 334 g/mol. The van der Waals surface area contributed by atoms with Gasteiger partial charge in [0, 0.05) is 17.0 Å². The van der Waals surface area contributed by atoms with Crippen LogP contribution in [0.25, 0.3) is 10.2 Å². The number of nitro groups is 1. The quantitative estimate of drug-likeness (QED) is 0.435. The van der Waals surface area contributed by atoms with E-state index in [-0.39, 0.29) is 11.6 Å². The monoisotopic (exact) mass is 345 g/mol. The first-order chi connectivity index (χ1) is 11.1. The highest BCUT2D eigenvalue weighted by atomic mass is 32.2. The molecule has 1 heterocycles. The fourth-order valence-electron chi connectivity index (χ4n) is 2.08. The molecule has 3 rings (SSSR count). The first-order valence-electron chi connectivity index (χ1n) is 6.58. The smallest absolute Gasteiger partial charge is 0.271 e. The number of thioether (sulfide) groups is 1. The van der Waals surface area contributed by atoms with Gasteiger partial charge >= 0.3 is 0 Å². The molecule has 0 aliphatic heterocycles. The molecule has 116 valence electrons. The van der Waals surface area contributed by atoms with Crippen molar-refractivity contribution in [1.82, 2.24) is 4.98 Å². The summed E-state index contributed by atoms with van der Waals surface area (Å²) >= 11 is 2.77. The number of amides is 1. The summed E-state index contributed by atoms with van der Waals surface area (Å²) in [7, 11) is 0. The summed E-state index contributed by atoms with van der Waals surface area (Å²) in [6, 6.07) is 11.8. The predicted octanol–water partition coefficient (Wildman–Crippen LogP) is 4.18. The van der Waals surface area contributed by atoms with Crippen LogP contribution in [0.1, 0.15) is 10.4 Å². The lowest BCUT2D eigenvalue weighted by atomic mass is 10.2. The lowest BCUT2D eigenvalue weighted by Gasteiger charge is -2.05. The number of non-ortho nitro benzene ring substituents is 1. The molecular formula is C15H11N3O3S2. The van der Waals surface area contributed by atoms with Crippen LogP contribution in [-0.4, -0.2) is 22.1 Å². The molecule has 6 nitrogen and oxygen atoms in total. The van der Waals surface area contributed by atoms with E-state index in [4.69, 9.17) is 0 Å². The maximum Gasteiger partial charge on any atom is 0.271 e. The highest BCUT2D eigenvalue weighted by molar-refractivity contribution is 7.98. The van der Waals surface area contributed by atoms with Crippen molar-refractivity contribution in [3.63, 3.8) is 0 Å². The van der Waals surface area contributed by atoms with E-state index in [1.165, 1.54) is 35.2 Å². The van der Waals surface area contributed by atoms with Gasteiger partial charge in [0.25, 0.3) is 11.6 Å². The highest BCUT2D eigenvalue weighted by Crippen LogP contribution is 2.29. The third-order valence-electron chi connectivity index (χ3n) is 3.15. The van der Waals surface area contributed by atoms with Crippen LogP contribution in [0.15, 0.2) is 47.4 Å². The van der Waals surface area contributed by atoms with Crippen LogP contribution < -0.4 is 5.32 Å². The minimum atomic E-state index is -0.467. The number of hydrogen-bond donors (Lipinski definition) is 1. The Bertz CT molecular complexity index is 908.